The van der Waals surface area contributed by atoms with Crippen molar-refractivity contribution in [1.82, 2.24) is 0 Å². The van der Waals surface area contributed by atoms with Crippen LogP contribution in [0, 0.1) is 242 Å². The van der Waals surface area contributed by atoms with E-state index >= 15 is 0 Å². The minimum atomic E-state index is -0.280. The molecule has 0 saturated heterocycles. The van der Waals surface area contributed by atoms with Crippen molar-refractivity contribution < 1.29 is 38.1 Å². The number of rotatable bonds is 12. The Kier molecular flexibility index (Phi) is 18.4. The van der Waals surface area contributed by atoms with E-state index in [1.807, 2.05) is 0 Å². The van der Waals surface area contributed by atoms with Gasteiger partial charge in [0.05, 0.1) is 17.8 Å². The van der Waals surface area contributed by atoms with Crippen LogP contribution in [0.25, 0.3) is 0 Å². The predicted molar refractivity (Wildman–Crippen MR) is 414 cm³/mol. The zero-order valence-corrected chi connectivity index (χ0v) is 68.9. The van der Waals surface area contributed by atoms with Crippen LogP contribution in [0.4, 0.5) is 0 Å². The minimum Gasteiger partial charge on any atom is -0.459 e. The molecule has 23 saturated carbocycles. The lowest BCUT2D eigenvalue weighted by Crippen LogP contribution is -2.58. The number of esters is 4. The fourth-order valence-corrected chi connectivity index (χ4v) is 37.4. The smallest absolute Gasteiger partial charge is 0.309 e. The van der Waals surface area contributed by atoms with Gasteiger partial charge in [-0.3, -0.25) is 19.2 Å². The van der Waals surface area contributed by atoms with Gasteiger partial charge in [0.25, 0.3) is 0 Å². The van der Waals surface area contributed by atoms with Crippen LogP contribution < -0.4 is 0 Å². The van der Waals surface area contributed by atoms with Gasteiger partial charge in [0, 0.05) is 11.8 Å². The normalized spacial score (nSPS) is 54.2. The van der Waals surface area contributed by atoms with Gasteiger partial charge < -0.3 is 18.9 Å². The van der Waals surface area contributed by atoms with Gasteiger partial charge >= 0.3 is 23.9 Å². The van der Waals surface area contributed by atoms with Crippen LogP contribution in [0.2, 0.25) is 0 Å². The first kappa shape index (κ1) is 73.1. The topological polar surface area (TPSA) is 105 Å². The van der Waals surface area contributed by atoms with Gasteiger partial charge in [0.1, 0.15) is 22.4 Å². The van der Waals surface area contributed by atoms with Gasteiger partial charge in [0.15, 0.2) is 0 Å². The molecule has 105 heavy (non-hydrogen) atoms. The summed E-state index contributed by atoms with van der Waals surface area (Å²) in [5.74, 6) is 33.7. The molecule has 0 aromatic heterocycles. The van der Waals surface area contributed by atoms with E-state index in [2.05, 4.69) is 96.9 Å². The standard InChI is InChI=1S/C28H42O2.C25H40O2.2C22H34O2/c1-14-15(2)21-10-20(14)24-19-8-22(25(21)24)23(9-19)26(29)30-27(3,4)28-11-16-5-17(12-28)7-18(6-16)13-28;1-14-15(2)20-13-19(14)23-17-10-16(21(11-17)24(20)23)12-22(26)27-25(3,4)18-8-6-5-7-9-18;1-12-13(2)16-11-15(12)19-14-9-17(20(16)19)18(10-14)21(23)24-22(3)7-5-4-6-8-22;1-4-22(7-5-6-8-22)24-21(23)18-10-14-9-17(18)20-16-11-15(19(14)20)12(2)13(16)3/h14-25H,5-13H2,1-4H3;14-21,23-24H,5-13H2,1-4H3;2*12-20H,4-11H2,1-3H3. The molecule has 23 aliphatic rings. The highest BCUT2D eigenvalue weighted by molar-refractivity contribution is 5.75. The molecular formula is C97H150O8. The molecule has 23 rings (SSSR count). The van der Waals surface area contributed by atoms with E-state index < -0.39 is 0 Å². The third-order valence-corrected chi connectivity index (χ3v) is 42.2. The summed E-state index contributed by atoms with van der Waals surface area (Å²) >= 11 is 0. The zero-order valence-electron chi connectivity index (χ0n) is 68.9. The summed E-state index contributed by atoms with van der Waals surface area (Å²) < 4.78 is 25.1. The van der Waals surface area contributed by atoms with Crippen LogP contribution in [0.1, 0.15) is 315 Å². The molecule has 0 aliphatic heterocycles. The van der Waals surface area contributed by atoms with Crippen molar-refractivity contribution in [3.8, 4) is 0 Å². The molecule has 8 heteroatoms. The van der Waals surface area contributed by atoms with E-state index in [-0.39, 0.29) is 69.5 Å². The monoisotopic (exact) mass is 1440 g/mol. The molecule has 586 valence electrons. The molecule has 8 nitrogen and oxygen atoms in total. The largest absolute Gasteiger partial charge is 0.459 e. The van der Waals surface area contributed by atoms with Crippen LogP contribution in [-0.2, 0) is 38.1 Å². The van der Waals surface area contributed by atoms with Gasteiger partial charge in [-0.25, -0.2) is 0 Å². The van der Waals surface area contributed by atoms with E-state index in [9.17, 15) is 19.2 Å². The van der Waals surface area contributed by atoms with Crippen molar-refractivity contribution in [1.29, 1.82) is 0 Å². The number of fused-ring (bicyclic) bond motifs is 36. The molecule has 23 aliphatic carbocycles. The van der Waals surface area contributed by atoms with Gasteiger partial charge in [-0.15, -0.1) is 0 Å². The lowest BCUT2D eigenvalue weighted by molar-refractivity contribution is -0.204. The van der Waals surface area contributed by atoms with Gasteiger partial charge in [-0.2, -0.15) is 0 Å². The molecule has 0 radical (unpaired) electrons. The molecule has 36 atom stereocenters. The fraction of sp³-hybridized carbons (Fsp3) is 0.959. The van der Waals surface area contributed by atoms with Crippen LogP contribution in [0.5, 0.6) is 0 Å². The van der Waals surface area contributed by atoms with Gasteiger partial charge in [0.2, 0.25) is 0 Å². The van der Waals surface area contributed by atoms with Crippen LogP contribution >= 0.6 is 0 Å². The summed E-state index contributed by atoms with van der Waals surface area (Å²) in [5.41, 5.74) is -0.540. The van der Waals surface area contributed by atoms with Gasteiger partial charge in [-0.1, -0.05) is 88.0 Å². The number of ether oxygens (including phenoxy) is 4. The number of hydrogen-bond donors (Lipinski definition) is 0. The highest BCUT2D eigenvalue weighted by Crippen LogP contribution is 2.77. The summed E-state index contributed by atoms with van der Waals surface area (Å²) in [6.07, 6.45) is 43.1. The summed E-state index contributed by atoms with van der Waals surface area (Å²) in [7, 11) is 0. The first-order chi connectivity index (χ1) is 50.2. The third kappa shape index (κ3) is 11.5. The lowest BCUT2D eigenvalue weighted by atomic mass is 9.46. The molecule has 0 spiro atoms. The van der Waals surface area contributed by atoms with Crippen LogP contribution in [0.3, 0.4) is 0 Å². The van der Waals surface area contributed by atoms with Crippen molar-refractivity contribution in [3.05, 3.63) is 0 Å². The third-order valence-electron chi connectivity index (χ3n) is 42.2. The minimum absolute atomic E-state index is 0.101. The van der Waals surface area contributed by atoms with E-state index in [0.29, 0.717) is 36.0 Å². The Morgan fingerprint density at radius 1 is 0.362 bits per heavy atom. The molecule has 36 unspecified atom stereocenters. The van der Waals surface area contributed by atoms with Crippen LogP contribution in [0.15, 0.2) is 0 Å². The SMILES string of the molecule is CC1C(C)C2CC1C1C3CC(C(=O)OC(C)(C)C45CC6CC(CC(C6)C4)C5)C(C3)C21.CC1C(C)C2CC1C1C3CC(C(=O)OC4(C)CCCCC4)C(C3)C21.CC1C(C)C2CC1C1C3CC(CC(=O)OC(C)(C)C4CCCCC4)C(C3)C21.CCC1(OC(=O)C2CC3CC2C2C4CC(C(C)C4C)C32)CCCC1. The maximum absolute atomic E-state index is 13.7. The van der Waals surface area contributed by atoms with Crippen molar-refractivity contribution in [2.75, 3.05) is 0 Å². The second kappa shape index (κ2) is 26.5. The Bertz CT molecular complexity index is 3230. The Labute approximate surface area is 638 Å². The van der Waals surface area contributed by atoms with E-state index in [0.717, 1.165) is 241 Å². The molecule has 0 aromatic rings. The quantitative estimate of drug-likeness (QED) is 0.108. The van der Waals surface area contributed by atoms with Gasteiger partial charge in [-0.05, 0) is 440 Å². The van der Waals surface area contributed by atoms with Crippen molar-refractivity contribution in [3.63, 3.8) is 0 Å². The molecule has 0 N–H and O–H groups in total. The molecule has 0 heterocycles. The summed E-state index contributed by atoms with van der Waals surface area (Å²) in [6, 6.07) is 0. The summed E-state index contributed by atoms with van der Waals surface area (Å²) in [6.45, 7) is 33.3. The Hall–Kier alpha value is -2.12. The molecule has 20 bridgehead atoms. The Balaban J connectivity index is 0.0000000965. The van der Waals surface area contributed by atoms with E-state index in [1.165, 1.54) is 161 Å². The van der Waals surface area contributed by atoms with Crippen LogP contribution in [-0.4, -0.2) is 46.3 Å². The average Bonchev–Trinajstić information content (AvgIpc) is 1.60. The Morgan fingerprint density at radius 2 is 0.714 bits per heavy atom. The second-order valence-corrected chi connectivity index (χ2v) is 46.2. The second-order valence-electron chi connectivity index (χ2n) is 46.2. The summed E-state index contributed by atoms with van der Waals surface area (Å²) in [4.78, 5) is 52.6. The number of hydrogen-bond acceptors (Lipinski definition) is 8. The highest BCUT2D eigenvalue weighted by atomic mass is 16.6. The molecule has 0 aromatic carbocycles. The predicted octanol–water partition coefficient (Wildman–Crippen LogP) is 22.5. The first-order valence-corrected chi connectivity index (χ1v) is 47.1. The molecule has 23 fully saturated rings. The maximum Gasteiger partial charge on any atom is 0.309 e. The van der Waals surface area contributed by atoms with E-state index in [4.69, 9.17) is 18.9 Å². The molecular weight excluding hydrogens is 1290 g/mol. The van der Waals surface area contributed by atoms with Crippen molar-refractivity contribution >= 4 is 23.9 Å². The zero-order chi connectivity index (χ0) is 72.8. The number of carbonyl (C=O) groups excluding carboxylic acids is 4. The Morgan fingerprint density at radius 3 is 1.13 bits per heavy atom. The van der Waals surface area contributed by atoms with E-state index in [1.54, 1.807) is 0 Å². The van der Waals surface area contributed by atoms with Crippen molar-refractivity contribution in [2.45, 2.75) is 338 Å². The number of carbonyl (C=O) groups is 4. The highest BCUT2D eigenvalue weighted by Gasteiger charge is 2.72. The maximum atomic E-state index is 13.7. The summed E-state index contributed by atoms with van der Waals surface area (Å²) in [5, 5.41) is 0. The molecule has 0 amide bonds. The fourth-order valence-electron chi connectivity index (χ4n) is 37.4. The average molecular weight is 1440 g/mol. The van der Waals surface area contributed by atoms with Crippen molar-refractivity contribution in [2.24, 2.45) is 242 Å². The lowest BCUT2D eigenvalue weighted by Gasteiger charge is -2.61. The first-order valence-electron chi connectivity index (χ1n) is 47.1.